The van der Waals surface area contributed by atoms with Crippen LogP contribution in [0, 0.1) is 5.41 Å². The molecule has 0 amide bonds. The van der Waals surface area contributed by atoms with Gasteiger partial charge in [0.2, 0.25) is 0 Å². The van der Waals surface area contributed by atoms with E-state index in [1.165, 1.54) is 6.42 Å². The van der Waals surface area contributed by atoms with E-state index in [1.54, 1.807) is 0 Å². The van der Waals surface area contributed by atoms with E-state index in [0.717, 1.165) is 52.6 Å². The lowest BCUT2D eigenvalue weighted by Gasteiger charge is -2.36. The first kappa shape index (κ1) is 20.8. The Morgan fingerprint density at radius 2 is 1.48 bits per heavy atom. The molecule has 0 bridgehead atoms. The first-order chi connectivity index (χ1) is 9.95. The molecule has 0 radical (unpaired) electrons. The third kappa shape index (κ3) is 11.1. The molecule has 0 saturated carbocycles. The molecule has 4 nitrogen and oxygen atoms in total. The van der Waals surface area contributed by atoms with Gasteiger partial charge in [0.1, 0.15) is 0 Å². The molecule has 0 saturated heterocycles. The van der Waals surface area contributed by atoms with Crippen molar-refractivity contribution >= 4 is 0 Å². The summed E-state index contributed by atoms with van der Waals surface area (Å²) in [7, 11) is 0. The fraction of sp³-hybridized carbons (Fsp3) is 1.00. The number of ether oxygens (including phenoxy) is 2. The molecule has 0 aliphatic rings. The number of hydrogen-bond acceptors (Lipinski definition) is 4. The quantitative estimate of drug-likeness (QED) is 0.531. The monoisotopic (exact) mass is 302 g/mol. The minimum atomic E-state index is 0.255. The summed E-state index contributed by atoms with van der Waals surface area (Å²) in [5, 5.41) is 3.70. The number of nitrogens with one attached hydrogen (secondary N) is 1. The molecule has 0 rings (SSSR count). The Bertz CT molecular complexity index is 219. The highest BCUT2D eigenvalue weighted by molar-refractivity contribution is 4.83. The third-order valence-electron chi connectivity index (χ3n) is 3.64. The van der Waals surface area contributed by atoms with Crippen LogP contribution in [0.25, 0.3) is 0 Å². The van der Waals surface area contributed by atoms with Crippen LogP contribution in [0.1, 0.15) is 48.0 Å². The lowest BCUT2D eigenvalue weighted by molar-refractivity contribution is 0.0694. The third-order valence-corrected chi connectivity index (χ3v) is 3.64. The molecule has 128 valence electrons. The number of nitrogens with zero attached hydrogens (tertiary/aromatic N) is 1. The van der Waals surface area contributed by atoms with Crippen LogP contribution in [-0.4, -0.2) is 63.5 Å². The molecule has 0 aromatic rings. The summed E-state index contributed by atoms with van der Waals surface area (Å²) in [5.41, 5.74) is 0.255. The topological polar surface area (TPSA) is 33.7 Å². The fourth-order valence-electron chi connectivity index (χ4n) is 2.19. The standard InChI is InChI=1S/C17H38N2O2/c1-7-10-18-16(17(4,5)6)15-19(11-13-20-8-2)12-14-21-9-3/h16,18H,7-15H2,1-6H3. The van der Waals surface area contributed by atoms with E-state index >= 15 is 0 Å². The second-order valence-electron chi connectivity index (χ2n) is 6.57. The van der Waals surface area contributed by atoms with E-state index < -0.39 is 0 Å². The maximum atomic E-state index is 5.52. The van der Waals surface area contributed by atoms with E-state index in [0.29, 0.717) is 6.04 Å². The van der Waals surface area contributed by atoms with E-state index in [-0.39, 0.29) is 5.41 Å². The average Bonchev–Trinajstić information content (AvgIpc) is 2.42. The molecule has 0 aliphatic heterocycles. The molecule has 0 heterocycles. The van der Waals surface area contributed by atoms with Crippen LogP contribution in [-0.2, 0) is 9.47 Å². The molecule has 0 spiro atoms. The molecule has 1 atom stereocenters. The first-order valence-electron chi connectivity index (χ1n) is 8.56. The van der Waals surface area contributed by atoms with Crippen LogP contribution in [0.2, 0.25) is 0 Å². The summed E-state index contributed by atoms with van der Waals surface area (Å²) in [5.74, 6) is 0. The molecule has 21 heavy (non-hydrogen) atoms. The largest absolute Gasteiger partial charge is 0.380 e. The van der Waals surface area contributed by atoms with Gasteiger partial charge in [0.15, 0.2) is 0 Å². The Labute approximate surface area is 132 Å². The lowest BCUT2D eigenvalue weighted by Crippen LogP contribution is -2.50. The van der Waals surface area contributed by atoms with E-state index in [1.807, 2.05) is 13.8 Å². The highest BCUT2D eigenvalue weighted by Crippen LogP contribution is 2.20. The van der Waals surface area contributed by atoms with Crippen LogP contribution >= 0.6 is 0 Å². The number of hydrogen-bond donors (Lipinski definition) is 1. The van der Waals surface area contributed by atoms with Crippen molar-refractivity contribution in [2.45, 2.75) is 54.0 Å². The van der Waals surface area contributed by atoms with Gasteiger partial charge in [-0.1, -0.05) is 27.7 Å². The van der Waals surface area contributed by atoms with Crippen LogP contribution in [0.3, 0.4) is 0 Å². The highest BCUT2D eigenvalue weighted by atomic mass is 16.5. The second-order valence-corrected chi connectivity index (χ2v) is 6.57. The number of rotatable bonds is 13. The maximum absolute atomic E-state index is 5.52. The fourth-order valence-corrected chi connectivity index (χ4v) is 2.19. The van der Waals surface area contributed by atoms with E-state index in [4.69, 9.17) is 9.47 Å². The molecule has 1 N–H and O–H groups in total. The molecule has 0 aromatic heterocycles. The lowest BCUT2D eigenvalue weighted by atomic mass is 9.86. The molecule has 4 heteroatoms. The summed E-state index contributed by atoms with van der Waals surface area (Å²) in [6.45, 7) is 20.5. The van der Waals surface area contributed by atoms with Gasteiger partial charge in [-0.15, -0.1) is 0 Å². The van der Waals surface area contributed by atoms with Gasteiger partial charge in [0.05, 0.1) is 13.2 Å². The predicted molar refractivity (Wildman–Crippen MR) is 91.0 cm³/mol. The van der Waals surface area contributed by atoms with Gasteiger partial charge in [-0.25, -0.2) is 0 Å². The maximum Gasteiger partial charge on any atom is 0.0593 e. The van der Waals surface area contributed by atoms with Gasteiger partial charge in [-0.3, -0.25) is 4.90 Å². The van der Waals surface area contributed by atoms with Crippen LogP contribution in [0.4, 0.5) is 0 Å². The second kappa shape index (κ2) is 12.4. The van der Waals surface area contributed by atoms with Gasteiger partial charge >= 0.3 is 0 Å². The Hall–Kier alpha value is -0.160. The van der Waals surface area contributed by atoms with Crippen LogP contribution in [0.5, 0.6) is 0 Å². The SMILES string of the molecule is CCCNC(CN(CCOCC)CCOCC)C(C)(C)C. The van der Waals surface area contributed by atoms with Crippen molar-refractivity contribution in [3.05, 3.63) is 0 Å². The molecule has 1 unspecified atom stereocenters. The molecular weight excluding hydrogens is 264 g/mol. The normalized spacial score (nSPS) is 13.9. The van der Waals surface area contributed by atoms with Gasteiger partial charge < -0.3 is 14.8 Å². The van der Waals surface area contributed by atoms with Crippen molar-refractivity contribution < 1.29 is 9.47 Å². The van der Waals surface area contributed by atoms with Crippen molar-refractivity contribution in [2.75, 3.05) is 52.6 Å². The molecule has 0 aromatic carbocycles. The van der Waals surface area contributed by atoms with Crippen molar-refractivity contribution in [1.82, 2.24) is 10.2 Å². The summed E-state index contributed by atoms with van der Waals surface area (Å²) in [6, 6.07) is 0.487. The summed E-state index contributed by atoms with van der Waals surface area (Å²) >= 11 is 0. The Morgan fingerprint density at radius 1 is 0.952 bits per heavy atom. The minimum absolute atomic E-state index is 0.255. The van der Waals surface area contributed by atoms with E-state index in [9.17, 15) is 0 Å². The van der Waals surface area contributed by atoms with Gasteiger partial charge in [-0.05, 0) is 32.2 Å². The van der Waals surface area contributed by atoms with Gasteiger partial charge in [0, 0.05) is 38.9 Å². The summed E-state index contributed by atoms with van der Waals surface area (Å²) < 4.78 is 11.0. The first-order valence-corrected chi connectivity index (χ1v) is 8.56. The van der Waals surface area contributed by atoms with E-state index in [2.05, 4.69) is 37.9 Å². The molecule has 0 fully saturated rings. The summed E-state index contributed by atoms with van der Waals surface area (Å²) in [6.07, 6.45) is 1.17. The zero-order valence-electron chi connectivity index (χ0n) is 15.2. The molecule has 0 aliphatic carbocycles. The Morgan fingerprint density at radius 3 is 1.86 bits per heavy atom. The van der Waals surface area contributed by atoms with Crippen molar-refractivity contribution in [1.29, 1.82) is 0 Å². The summed E-state index contributed by atoms with van der Waals surface area (Å²) in [4.78, 5) is 2.46. The van der Waals surface area contributed by atoms with Crippen molar-refractivity contribution in [2.24, 2.45) is 5.41 Å². The average molecular weight is 303 g/mol. The smallest absolute Gasteiger partial charge is 0.0593 e. The predicted octanol–water partition coefficient (Wildman–Crippen LogP) is 2.78. The van der Waals surface area contributed by atoms with Crippen molar-refractivity contribution in [3.8, 4) is 0 Å². The zero-order chi connectivity index (χ0) is 16.1. The molecular formula is C17H38N2O2. The Kier molecular flexibility index (Phi) is 12.3. The van der Waals surface area contributed by atoms with Crippen LogP contribution in [0.15, 0.2) is 0 Å². The Balaban J connectivity index is 4.45. The zero-order valence-corrected chi connectivity index (χ0v) is 15.2. The van der Waals surface area contributed by atoms with Gasteiger partial charge in [-0.2, -0.15) is 0 Å². The van der Waals surface area contributed by atoms with Crippen LogP contribution < -0.4 is 5.32 Å². The highest BCUT2D eigenvalue weighted by Gasteiger charge is 2.25. The van der Waals surface area contributed by atoms with Crippen molar-refractivity contribution in [3.63, 3.8) is 0 Å². The van der Waals surface area contributed by atoms with Gasteiger partial charge in [0.25, 0.3) is 0 Å². The minimum Gasteiger partial charge on any atom is -0.380 e.